The van der Waals surface area contributed by atoms with Gasteiger partial charge >= 0.3 is 0 Å². The minimum Gasteiger partial charge on any atom is -0.381 e. The smallest absolute Gasteiger partial charge is 0.244 e. The zero-order valence-corrected chi connectivity index (χ0v) is 14.2. The largest absolute Gasteiger partial charge is 0.381 e. The van der Waals surface area contributed by atoms with Crippen molar-refractivity contribution < 1.29 is 4.79 Å². The highest BCUT2D eigenvalue weighted by Crippen LogP contribution is 2.20. The van der Waals surface area contributed by atoms with E-state index in [1.165, 1.54) is 16.6 Å². The summed E-state index contributed by atoms with van der Waals surface area (Å²) in [6, 6.07) is 8.85. The van der Waals surface area contributed by atoms with Crippen molar-refractivity contribution in [1.82, 2.24) is 25.1 Å². The molecule has 1 aliphatic rings. The lowest BCUT2D eigenvalue weighted by Crippen LogP contribution is -2.46. The molecule has 7 nitrogen and oxygen atoms in total. The molecule has 3 rings (SSSR count). The van der Waals surface area contributed by atoms with Gasteiger partial charge in [0, 0.05) is 24.8 Å². The molecule has 0 bridgehead atoms. The molecule has 1 atom stereocenters. The maximum absolute atomic E-state index is 12.4. The number of carbonyl (C=O) groups excluding carboxylic acids is 1. The van der Waals surface area contributed by atoms with Crippen LogP contribution in [-0.4, -0.2) is 50.1 Å². The summed E-state index contributed by atoms with van der Waals surface area (Å²) >= 11 is 0. The van der Waals surface area contributed by atoms with Gasteiger partial charge in [0.05, 0.1) is 0 Å². The van der Waals surface area contributed by atoms with Gasteiger partial charge in [-0.25, -0.2) is 4.68 Å². The van der Waals surface area contributed by atoms with Crippen LogP contribution in [0.1, 0.15) is 38.2 Å². The zero-order valence-electron chi connectivity index (χ0n) is 14.2. The quantitative estimate of drug-likeness (QED) is 0.907. The van der Waals surface area contributed by atoms with Gasteiger partial charge in [-0.1, -0.05) is 26.0 Å². The van der Waals surface area contributed by atoms with E-state index in [0.29, 0.717) is 12.5 Å². The second-order valence-electron chi connectivity index (χ2n) is 6.61. The Kier molecular flexibility index (Phi) is 5.08. The molecule has 2 heterocycles. The number of carbonyl (C=O) groups is 1. The van der Waals surface area contributed by atoms with Crippen LogP contribution in [-0.2, 0) is 11.3 Å². The van der Waals surface area contributed by atoms with E-state index in [-0.39, 0.29) is 18.5 Å². The number of nitrogens with one attached hydrogen (secondary N) is 1. The fourth-order valence-corrected chi connectivity index (χ4v) is 3.01. The second kappa shape index (κ2) is 7.42. The normalized spacial score (nSPS) is 18.0. The summed E-state index contributed by atoms with van der Waals surface area (Å²) in [6.45, 7) is 6.09. The zero-order chi connectivity index (χ0) is 16.9. The minimum atomic E-state index is 0.0592. The van der Waals surface area contributed by atoms with Gasteiger partial charge in [-0.3, -0.25) is 4.79 Å². The van der Waals surface area contributed by atoms with Crippen LogP contribution in [0.4, 0.5) is 5.69 Å². The molecule has 0 saturated carbocycles. The number of likely N-dealkylation sites (tertiary alicyclic amines) is 1. The molecule has 1 aliphatic heterocycles. The number of hydrogen-bond donors (Lipinski definition) is 1. The third-order valence-corrected chi connectivity index (χ3v) is 4.41. The Hall–Kier alpha value is -2.44. The van der Waals surface area contributed by atoms with E-state index in [2.05, 4.69) is 59.0 Å². The first-order valence-corrected chi connectivity index (χ1v) is 8.47. The molecule has 1 aromatic carbocycles. The van der Waals surface area contributed by atoms with Crippen LogP contribution in [0.15, 0.2) is 30.6 Å². The van der Waals surface area contributed by atoms with Crippen molar-refractivity contribution in [2.45, 2.75) is 45.2 Å². The number of aromatic nitrogens is 4. The molecular weight excluding hydrogens is 304 g/mol. The van der Waals surface area contributed by atoms with Crippen LogP contribution in [0.25, 0.3) is 0 Å². The summed E-state index contributed by atoms with van der Waals surface area (Å²) in [6.07, 6.45) is 3.54. The first-order chi connectivity index (χ1) is 11.6. The third-order valence-electron chi connectivity index (χ3n) is 4.41. The second-order valence-corrected chi connectivity index (χ2v) is 6.61. The predicted molar refractivity (Wildman–Crippen MR) is 91.6 cm³/mol. The van der Waals surface area contributed by atoms with Gasteiger partial charge in [-0.05, 0) is 46.9 Å². The topological polar surface area (TPSA) is 75.9 Å². The Balaban J connectivity index is 1.56. The number of piperidine rings is 1. The van der Waals surface area contributed by atoms with Crippen molar-refractivity contribution in [3.63, 3.8) is 0 Å². The molecule has 1 fully saturated rings. The maximum Gasteiger partial charge on any atom is 0.244 e. The molecule has 1 N–H and O–H groups in total. The van der Waals surface area contributed by atoms with Crippen molar-refractivity contribution in [3.05, 3.63) is 36.2 Å². The van der Waals surface area contributed by atoms with Gasteiger partial charge in [0.15, 0.2) is 0 Å². The van der Waals surface area contributed by atoms with Crippen molar-refractivity contribution in [2.24, 2.45) is 0 Å². The summed E-state index contributed by atoms with van der Waals surface area (Å²) < 4.78 is 1.46. The highest BCUT2D eigenvalue weighted by atomic mass is 16.2. The van der Waals surface area contributed by atoms with Gasteiger partial charge in [-0.2, -0.15) is 0 Å². The molecule has 1 aromatic heterocycles. The molecule has 1 amide bonds. The number of nitrogens with zero attached hydrogens (tertiary/aromatic N) is 5. The SMILES string of the molecule is CC(C)c1ccc(N[C@H]2CCCN(C(=O)Cn3cnnn3)C2)cc1. The molecule has 0 aliphatic carbocycles. The monoisotopic (exact) mass is 328 g/mol. The van der Waals surface area contributed by atoms with E-state index >= 15 is 0 Å². The number of hydrogen-bond acceptors (Lipinski definition) is 5. The number of rotatable bonds is 5. The molecule has 0 spiro atoms. The molecule has 128 valence electrons. The van der Waals surface area contributed by atoms with Crippen LogP contribution in [0, 0.1) is 0 Å². The Morgan fingerprint density at radius 2 is 2.12 bits per heavy atom. The lowest BCUT2D eigenvalue weighted by Gasteiger charge is -2.33. The van der Waals surface area contributed by atoms with Gasteiger partial charge in [-0.15, -0.1) is 5.10 Å². The summed E-state index contributed by atoms with van der Waals surface area (Å²) in [5.74, 6) is 0.595. The lowest BCUT2D eigenvalue weighted by molar-refractivity contribution is -0.133. The maximum atomic E-state index is 12.4. The number of tetrazole rings is 1. The molecule has 2 aromatic rings. The molecule has 1 saturated heterocycles. The average molecular weight is 328 g/mol. The molecule has 0 radical (unpaired) electrons. The first-order valence-electron chi connectivity index (χ1n) is 8.47. The number of anilines is 1. The molecular formula is C17H24N6O. The van der Waals surface area contributed by atoms with Crippen LogP contribution < -0.4 is 5.32 Å². The van der Waals surface area contributed by atoms with Crippen LogP contribution in [0.5, 0.6) is 0 Å². The number of amides is 1. The Morgan fingerprint density at radius 3 is 2.79 bits per heavy atom. The van der Waals surface area contributed by atoms with Gasteiger partial charge in [0.25, 0.3) is 0 Å². The number of benzene rings is 1. The predicted octanol–water partition coefficient (Wildman–Crippen LogP) is 1.90. The van der Waals surface area contributed by atoms with Crippen molar-refractivity contribution in [3.8, 4) is 0 Å². The van der Waals surface area contributed by atoms with Crippen LogP contribution in [0.2, 0.25) is 0 Å². The van der Waals surface area contributed by atoms with E-state index in [1.807, 2.05) is 4.90 Å². The van der Waals surface area contributed by atoms with Gasteiger partial charge in [0.1, 0.15) is 12.9 Å². The summed E-state index contributed by atoms with van der Waals surface area (Å²) in [5, 5.41) is 14.4. The van der Waals surface area contributed by atoms with E-state index in [1.54, 1.807) is 0 Å². The van der Waals surface area contributed by atoms with Crippen LogP contribution in [0.3, 0.4) is 0 Å². The molecule has 7 heteroatoms. The summed E-state index contributed by atoms with van der Waals surface area (Å²) in [7, 11) is 0. The van der Waals surface area contributed by atoms with E-state index in [9.17, 15) is 4.79 Å². The summed E-state index contributed by atoms with van der Waals surface area (Å²) in [5.41, 5.74) is 2.45. The standard InChI is InChI=1S/C17H24N6O/c1-13(2)14-5-7-15(8-6-14)19-16-4-3-9-22(10-16)17(24)11-23-12-18-20-21-23/h5-8,12-13,16,19H,3-4,9-11H2,1-2H3/t16-/m0/s1. The highest BCUT2D eigenvalue weighted by molar-refractivity contribution is 5.76. The fourth-order valence-electron chi connectivity index (χ4n) is 3.01. The fraction of sp³-hybridized carbons (Fsp3) is 0.529. The van der Waals surface area contributed by atoms with Crippen LogP contribution >= 0.6 is 0 Å². The van der Waals surface area contributed by atoms with Crippen molar-refractivity contribution >= 4 is 11.6 Å². The summed E-state index contributed by atoms with van der Waals surface area (Å²) in [4.78, 5) is 14.3. The Morgan fingerprint density at radius 1 is 1.33 bits per heavy atom. The minimum absolute atomic E-state index is 0.0592. The first kappa shape index (κ1) is 16.4. The third kappa shape index (κ3) is 4.10. The molecule has 24 heavy (non-hydrogen) atoms. The average Bonchev–Trinajstić information content (AvgIpc) is 3.08. The Bertz CT molecular complexity index is 652. The van der Waals surface area contributed by atoms with Gasteiger partial charge in [0.2, 0.25) is 5.91 Å². The van der Waals surface area contributed by atoms with E-state index in [0.717, 1.165) is 25.1 Å². The van der Waals surface area contributed by atoms with Crippen molar-refractivity contribution in [2.75, 3.05) is 18.4 Å². The van der Waals surface area contributed by atoms with Crippen molar-refractivity contribution in [1.29, 1.82) is 0 Å². The lowest BCUT2D eigenvalue weighted by atomic mass is 10.0. The van der Waals surface area contributed by atoms with Gasteiger partial charge < -0.3 is 10.2 Å². The Labute approximate surface area is 142 Å². The molecule has 0 unspecified atom stereocenters. The highest BCUT2D eigenvalue weighted by Gasteiger charge is 2.23. The van der Waals surface area contributed by atoms with E-state index in [4.69, 9.17) is 0 Å². The van der Waals surface area contributed by atoms with E-state index < -0.39 is 0 Å².